The zero-order valence-electron chi connectivity index (χ0n) is 15.2. The van der Waals surface area contributed by atoms with Gasteiger partial charge in [-0.25, -0.2) is 5.43 Å². The molecule has 0 amide bonds. The van der Waals surface area contributed by atoms with E-state index < -0.39 is 0 Å². The van der Waals surface area contributed by atoms with Gasteiger partial charge >= 0.3 is 0 Å². The van der Waals surface area contributed by atoms with Crippen LogP contribution in [0.1, 0.15) is 11.1 Å². The molecule has 0 unspecified atom stereocenters. The summed E-state index contributed by atoms with van der Waals surface area (Å²) in [5, 5.41) is 4.86. The predicted molar refractivity (Wildman–Crippen MR) is 103 cm³/mol. The van der Waals surface area contributed by atoms with Crippen molar-refractivity contribution in [2.75, 3.05) is 45.8 Å². The van der Waals surface area contributed by atoms with Gasteiger partial charge in [-0.15, -0.1) is 5.17 Å². The van der Waals surface area contributed by atoms with Gasteiger partial charge in [0.15, 0.2) is 0 Å². The molecule has 4 bridgehead atoms. The van der Waals surface area contributed by atoms with Gasteiger partial charge in [0.1, 0.15) is 24.7 Å². The summed E-state index contributed by atoms with van der Waals surface area (Å²) in [5.41, 5.74) is 7.08. The summed E-state index contributed by atoms with van der Waals surface area (Å²) in [6.07, 6.45) is 0. The van der Waals surface area contributed by atoms with E-state index in [1.54, 1.807) is 12.3 Å². The van der Waals surface area contributed by atoms with Crippen molar-refractivity contribution in [2.24, 2.45) is 0 Å². The predicted octanol–water partition coefficient (Wildman–Crippen LogP) is 2.93. The molecule has 2 aromatic carbocycles. The van der Waals surface area contributed by atoms with E-state index in [1.807, 2.05) is 49.5 Å². The number of hydroxylamine groups is 1. The number of hydrazine groups is 1. The topological polar surface area (TPSA) is 55.0 Å². The summed E-state index contributed by atoms with van der Waals surface area (Å²) in [4.78, 5) is 5.29. The molecule has 0 aliphatic carbocycles. The van der Waals surface area contributed by atoms with E-state index >= 15 is 0 Å². The Bertz CT molecular complexity index is 764. The lowest BCUT2D eigenvalue weighted by Crippen LogP contribution is -2.41. The van der Waals surface area contributed by atoms with Crippen LogP contribution in [0.25, 0.3) is 5.57 Å². The average molecular weight is 355 g/mol. The van der Waals surface area contributed by atoms with Gasteiger partial charge in [0.2, 0.25) is 0 Å². The Morgan fingerprint density at radius 1 is 1.12 bits per heavy atom. The Hall–Kier alpha value is -2.54. The molecular weight excluding hydrogens is 330 g/mol. The molecular formula is C20H25N3O3. The van der Waals surface area contributed by atoms with Crippen molar-refractivity contribution in [3.8, 4) is 11.5 Å². The van der Waals surface area contributed by atoms with Crippen LogP contribution < -0.4 is 20.2 Å². The number of fused-ring (bicyclic) bond motifs is 4. The first-order valence-corrected chi connectivity index (χ1v) is 8.63. The molecule has 2 N–H and O–H groups in total. The molecule has 0 spiro atoms. The molecule has 1 aliphatic heterocycles. The fourth-order valence-electron chi connectivity index (χ4n) is 2.83. The molecule has 0 saturated heterocycles. The first-order chi connectivity index (χ1) is 12.7. The normalized spacial score (nSPS) is 16.0. The average Bonchev–Trinajstić information content (AvgIpc) is 2.69. The van der Waals surface area contributed by atoms with Gasteiger partial charge in [-0.3, -0.25) is 4.84 Å². The maximum absolute atomic E-state index is 5.90. The van der Waals surface area contributed by atoms with Crippen molar-refractivity contribution in [3.05, 3.63) is 60.2 Å². The van der Waals surface area contributed by atoms with Crippen LogP contribution in [0.2, 0.25) is 0 Å². The van der Waals surface area contributed by atoms with Crippen molar-refractivity contribution in [2.45, 2.75) is 0 Å². The van der Waals surface area contributed by atoms with E-state index in [2.05, 4.69) is 17.3 Å². The van der Waals surface area contributed by atoms with Crippen LogP contribution in [0.4, 0.5) is 5.69 Å². The lowest BCUT2D eigenvalue weighted by atomic mass is 9.97. The number of nitrogens with zero attached hydrogens (tertiary/aromatic N) is 1. The van der Waals surface area contributed by atoms with Crippen LogP contribution >= 0.6 is 0 Å². The Labute approximate surface area is 154 Å². The summed E-state index contributed by atoms with van der Waals surface area (Å²) in [5.74, 6) is 1.60. The molecule has 6 nitrogen and oxygen atoms in total. The Morgan fingerprint density at radius 2 is 1.92 bits per heavy atom. The quantitative estimate of drug-likeness (QED) is 0.864. The smallest absolute Gasteiger partial charge is 0.120 e. The number of ether oxygens (including phenoxy) is 2. The second kappa shape index (κ2) is 8.71. The number of nitrogens with one attached hydrogen (secondary N) is 2. The van der Waals surface area contributed by atoms with Crippen LogP contribution in [-0.4, -0.2) is 45.6 Å². The fraction of sp³-hybridized carbons (Fsp3) is 0.300. The SMILES string of the molecule is C=C1c2cccc(c2)OCCNN(OC)CCOc2ccc(NC)c1c2. The van der Waals surface area contributed by atoms with Gasteiger partial charge < -0.3 is 14.8 Å². The minimum Gasteiger partial charge on any atom is -0.492 e. The molecule has 26 heavy (non-hydrogen) atoms. The molecule has 3 rings (SSSR count). The largest absolute Gasteiger partial charge is 0.492 e. The summed E-state index contributed by atoms with van der Waals surface area (Å²) >= 11 is 0. The number of rotatable bonds is 2. The molecule has 0 atom stereocenters. The Balaban J connectivity index is 1.95. The third kappa shape index (κ3) is 4.35. The third-order valence-electron chi connectivity index (χ3n) is 4.21. The van der Waals surface area contributed by atoms with Gasteiger partial charge in [-0.2, -0.15) is 0 Å². The molecule has 0 aromatic heterocycles. The summed E-state index contributed by atoms with van der Waals surface area (Å²) in [6.45, 7) is 6.50. The molecule has 1 heterocycles. The van der Waals surface area contributed by atoms with Crippen LogP contribution in [0, 0.1) is 0 Å². The first kappa shape index (κ1) is 18.3. The number of hydrogen-bond acceptors (Lipinski definition) is 6. The molecule has 0 fully saturated rings. The molecule has 2 aromatic rings. The van der Waals surface area contributed by atoms with E-state index in [1.165, 1.54) is 0 Å². The fourth-order valence-corrected chi connectivity index (χ4v) is 2.83. The van der Waals surface area contributed by atoms with E-state index in [9.17, 15) is 0 Å². The van der Waals surface area contributed by atoms with Crippen LogP contribution in [0.5, 0.6) is 11.5 Å². The molecule has 1 aliphatic rings. The minimum atomic E-state index is 0.486. The van der Waals surface area contributed by atoms with E-state index in [-0.39, 0.29) is 0 Å². The highest BCUT2D eigenvalue weighted by molar-refractivity contribution is 5.85. The highest BCUT2D eigenvalue weighted by atomic mass is 16.7. The maximum atomic E-state index is 5.90. The third-order valence-corrected chi connectivity index (χ3v) is 4.21. The van der Waals surface area contributed by atoms with Crippen LogP contribution in [0.3, 0.4) is 0 Å². The summed E-state index contributed by atoms with van der Waals surface area (Å²) < 4.78 is 11.7. The van der Waals surface area contributed by atoms with Gasteiger partial charge in [0, 0.05) is 24.8 Å². The van der Waals surface area contributed by atoms with Crippen molar-refractivity contribution < 1.29 is 14.3 Å². The Kier molecular flexibility index (Phi) is 6.12. The zero-order valence-corrected chi connectivity index (χ0v) is 15.2. The molecule has 0 saturated carbocycles. The minimum absolute atomic E-state index is 0.486. The van der Waals surface area contributed by atoms with Crippen molar-refractivity contribution in [1.29, 1.82) is 0 Å². The number of anilines is 1. The lowest BCUT2D eigenvalue weighted by Gasteiger charge is -2.20. The van der Waals surface area contributed by atoms with Crippen molar-refractivity contribution in [1.82, 2.24) is 10.6 Å². The lowest BCUT2D eigenvalue weighted by molar-refractivity contribution is -0.175. The van der Waals surface area contributed by atoms with Crippen molar-refractivity contribution >= 4 is 11.3 Å². The van der Waals surface area contributed by atoms with Crippen molar-refractivity contribution in [3.63, 3.8) is 0 Å². The number of hydrogen-bond donors (Lipinski definition) is 2. The summed E-state index contributed by atoms with van der Waals surface area (Å²) in [7, 11) is 3.52. The van der Waals surface area contributed by atoms with Crippen LogP contribution in [-0.2, 0) is 4.84 Å². The molecule has 6 heteroatoms. The second-order valence-electron chi connectivity index (χ2n) is 5.85. The monoisotopic (exact) mass is 355 g/mol. The molecule has 0 radical (unpaired) electrons. The van der Waals surface area contributed by atoms with Crippen LogP contribution in [0.15, 0.2) is 49.0 Å². The Morgan fingerprint density at radius 3 is 2.73 bits per heavy atom. The standard InChI is InChI=1S/C20H25N3O3/c1-15-16-5-4-6-17(13-16)25-11-9-22-23(24-3)10-12-26-18-7-8-20(21-2)19(15)14-18/h4-8,13-14,21-22H,1,9-12H2,2-3H3. The van der Waals surface area contributed by atoms with Gasteiger partial charge in [0.05, 0.1) is 13.7 Å². The zero-order chi connectivity index (χ0) is 18.4. The summed E-state index contributed by atoms with van der Waals surface area (Å²) in [6, 6.07) is 13.9. The first-order valence-electron chi connectivity index (χ1n) is 8.63. The number of benzene rings is 2. The second-order valence-corrected chi connectivity index (χ2v) is 5.85. The highest BCUT2D eigenvalue weighted by Gasteiger charge is 2.12. The van der Waals surface area contributed by atoms with Gasteiger partial charge in [-0.1, -0.05) is 18.7 Å². The van der Waals surface area contributed by atoms with E-state index in [4.69, 9.17) is 14.3 Å². The maximum Gasteiger partial charge on any atom is 0.120 e. The van der Waals surface area contributed by atoms with E-state index in [0.29, 0.717) is 26.3 Å². The van der Waals surface area contributed by atoms with E-state index in [0.717, 1.165) is 33.9 Å². The van der Waals surface area contributed by atoms with Gasteiger partial charge in [-0.05, 0) is 41.5 Å². The van der Waals surface area contributed by atoms with Gasteiger partial charge in [0.25, 0.3) is 0 Å². The molecule has 138 valence electrons. The highest BCUT2D eigenvalue weighted by Crippen LogP contribution is 2.32.